The largest absolute Gasteiger partial charge is 0.497 e. The van der Waals surface area contributed by atoms with Gasteiger partial charge in [0.1, 0.15) is 17.6 Å². The second-order valence-electron chi connectivity index (χ2n) is 11.0. The minimum atomic E-state index is -0.113. The number of piperidine rings is 3. The van der Waals surface area contributed by atoms with E-state index in [4.69, 9.17) is 14.5 Å². The Balaban J connectivity index is 1.41. The molecule has 3 aliphatic heterocycles. The first kappa shape index (κ1) is 23.5. The van der Waals surface area contributed by atoms with Crippen LogP contribution in [-0.4, -0.2) is 36.1 Å². The molecule has 3 aliphatic rings. The molecule has 3 fully saturated rings. The molecule has 0 N–H and O–H groups in total. The van der Waals surface area contributed by atoms with E-state index < -0.39 is 0 Å². The Morgan fingerprint density at radius 1 is 0.921 bits per heavy atom. The molecule has 0 saturated carbocycles. The van der Waals surface area contributed by atoms with Crippen molar-refractivity contribution in [3.8, 4) is 11.5 Å². The number of ether oxygens (including phenoxy) is 2. The molecular weight excluding hydrogens is 468 g/mol. The van der Waals surface area contributed by atoms with Crippen LogP contribution < -0.4 is 9.47 Å². The van der Waals surface area contributed by atoms with Crippen molar-refractivity contribution in [2.24, 2.45) is 11.8 Å². The fraction of sp³-hybridized carbons (Fsp3) is 0.324. The highest BCUT2D eigenvalue weighted by atomic mass is 16.5. The number of rotatable bonds is 6. The Kier molecular flexibility index (Phi) is 5.93. The first-order valence-corrected chi connectivity index (χ1v) is 14.0. The third-order valence-electron chi connectivity index (χ3n) is 9.08. The fourth-order valence-electron chi connectivity index (χ4n) is 7.08. The lowest BCUT2D eigenvalue weighted by atomic mass is 9.72. The van der Waals surface area contributed by atoms with E-state index >= 15 is 0 Å². The van der Waals surface area contributed by atoms with Gasteiger partial charge in [-0.15, -0.1) is 0 Å². The summed E-state index contributed by atoms with van der Waals surface area (Å²) in [7, 11) is 1.73. The Bertz CT molecular complexity index is 1630. The van der Waals surface area contributed by atoms with Gasteiger partial charge in [0, 0.05) is 29.1 Å². The summed E-state index contributed by atoms with van der Waals surface area (Å²) >= 11 is 0. The van der Waals surface area contributed by atoms with Crippen LogP contribution in [0.15, 0.2) is 85.1 Å². The molecule has 0 amide bonds. The first-order valence-electron chi connectivity index (χ1n) is 14.0. The number of aromatic nitrogens is 1. The van der Waals surface area contributed by atoms with Crippen molar-refractivity contribution < 1.29 is 9.47 Å². The van der Waals surface area contributed by atoms with E-state index in [0.29, 0.717) is 6.04 Å². The number of pyridine rings is 1. The first-order chi connectivity index (χ1) is 18.7. The maximum atomic E-state index is 7.25. The fourth-order valence-corrected chi connectivity index (χ4v) is 7.08. The summed E-state index contributed by atoms with van der Waals surface area (Å²) in [5, 5.41) is 5.97. The Morgan fingerprint density at radius 3 is 2.53 bits per heavy atom. The minimum Gasteiger partial charge on any atom is -0.497 e. The second kappa shape index (κ2) is 9.59. The number of hydrogen-bond donors (Lipinski definition) is 0. The summed E-state index contributed by atoms with van der Waals surface area (Å²) in [5.74, 6) is 3.35. The smallest absolute Gasteiger partial charge is 0.140 e. The second-order valence-corrected chi connectivity index (χ2v) is 11.0. The molecule has 0 aliphatic carbocycles. The Hall–Kier alpha value is -3.63. The monoisotopic (exact) mass is 502 g/mol. The van der Waals surface area contributed by atoms with Gasteiger partial charge in [0.2, 0.25) is 0 Å². The summed E-state index contributed by atoms with van der Waals surface area (Å²) in [5.41, 5.74) is 2.17. The highest BCUT2D eigenvalue weighted by molar-refractivity contribution is 6.10. The van der Waals surface area contributed by atoms with Crippen LogP contribution in [0.25, 0.3) is 32.4 Å². The van der Waals surface area contributed by atoms with Crippen LogP contribution in [0.5, 0.6) is 11.5 Å². The van der Waals surface area contributed by atoms with Crippen LogP contribution in [0, 0.1) is 11.8 Å². The molecule has 4 heterocycles. The van der Waals surface area contributed by atoms with Crippen LogP contribution in [0.3, 0.4) is 0 Å². The van der Waals surface area contributed by atoms with Crippen LogP contribution >= 0.6 is 0 Å². The van der Waals surface area contributed by atoms with E-state index in [1.54, 1.807) is 7.11 Å². The SMILES string of the molecule is CCC1CN2CCC1C[C@@H]2[C@H](Oc1cc2ccccc2c2ccccc12)c1ccnc2ccc(OC)cc12. The zero-order valence-electron chi connectivity index (χ0n) is 22.1. The molecule has 1 aromatic heterocycles. The normalized spacial score (nSPS) is 23.6. The lowest BCUT2D eigenvalue weighted by Gasteiger charge is -2.52. The van der Waals surface area contributed by atoms with E-state index in [1.807, 2.05) is 12.3 Å². The molecule has 4 heteroatoms. The summed E-state index contributed by atoms with van der Waals surface area (Å²) in [4.78, 5) is 7.39. The standard InChI is InChI=1S/C34H34N2O2/c1-3-22-21-36-17-15-23(22)18-32(36)34(29-14-16-35-31-13-12-25(37-2)20-30(29)31)38-33-19-24-8-4-5-9-26(24)27-10-6-7-11-28(27)33/h4-14,16,19-20,22-23,32,34H,3,15,17-18,21H2,1-2H3/t22?,23?,32-,34-/m1/s1. The molecule has 38 heavy (non-hydrogen) atoms. The molecule has 0 spiro atoms. The number of benzene rings is 4. The summed E-state index contributed by atoms with van der Waals surface area (Å²) < 4.78 is 12.9. The minimum absolute atomic E-state index is 0.113. The predicted octanol–water partition coefficient (Wildman–Crippen LogP) is 7.79. The molecule has 0 radical (unpaired) electrons. The lowest BCUT2D eigenvalue weighted by Crippen LogP contribution is -2.56. The van der Waals surface area contributed by atoms with E-state index in [2.05, 4.69) is 84.6 Å². The molecule has 4 nitrogen and oxygen atoms in total. The molecule has 3 unspecified atom stereocenters. The quantitative estimate of drug-likeness (QED) is 0.222. The van der Waals surface area contributed by atoms with Crippen molar-refractivity contribution in [2.45, 2.75) is 38.3 Å². The number of hydrogen-bond acceptors (Lipinski definition) is 4. The Labute approximate surface area is 224 Å². The predicted molar refractivity (Wildman–Crippen MR) is 155 cm³/mol. The number of nitrogens with zero attached hydrogens (tertiary/aromatic N) is 2. The molecule has 5 aromatic rings. The molecule has 2 bridgehead atoms. The van der Waals surface area contributed by atoms with E-state index in [1.165, 1.54) is 41.0 Å². The van der Waals surface area contributed by atoms with Gasteiger partial charge < -0.3 is 9.47 Å². The summed E-state index contributed by atoms with van der Waals surface area (Å²) in [6.07, 6.45) is 5.54. The highest BCUT2D eigenvalue weighted by Gasteiger charge is 2.44. The third-order valence-corrected chi connectivity index (χ3v) is 9.08. The van der Waals surface area contributed by atoms with Gasteiger partial charge in [-0.2, -0.15) is 0 Å². The van der Waals surface area contributed by atoms with Crippen LogP contribution in [0.4, 0.5) is 0 Å². The van der Waals surface area contributed by atoms with Crippen molar-refractivity contribution in [1.29, 1.82) is 0 Å². The van der Waals surface area contributed by atoms with Crippen LogP contribution in [0.2, 0.25) is 0 Å². The topological polar surface area (TPSA) is 34.6 Å². The molecule has 3 saturated heterocycles. The molecule has 192 valence electrons. The molecule has 8 rings (SSSR count). The van der Waals surface area contributed by atoms with Crippen LogP contribution in [-0.2, 0) is 0 Å². The average molecular weight is 503 g/mol. The van der Waals surface area contributed by atoms with Crippen molar-refractivity contribution in [3.63, 3.8) is 0 Å². The number of fused-ring (bicyclic) bond motifs is 7. The summed E-state index contributed by atoms with van der Waals surface area (Å²) in [6.45, 7) is 4.66. The Morgan fingerprint density at radius 2 is 1.74 bits per heavy atom. The lowest BCUT2D eigenvalue weighted by molar-refractivity contribution is -0.0480. The van der Waals surface area contributed by atoms with Crippen molar-refractivity contribution in [2.75, 3.05) is 20.2 Å². The maximum Gasteiger partial charge on any atom is 0.140 e. The van der Waals surface area contributed by atoms with Gasteiger partial charge in [0.15, 0.2) is 0 Å². The molecular formula is C34H34N2O2. The van der Waals surface area contributed by atoms with Gasteiger partial charge in [-0.25, -0.2) is 0 Å². The molecule has 4 aromatic carbocycles. The van der Waals surface area contributed by atoms with Gasteiger partial charge in [0.25, 0.3) is 0 Å². The van der Waals surface area contributed by atoms with Gasteiger partial charge in [-0.3, -0.25) is 9.88 Å². The van der Waals surface area contributed by atoms with Crippen molar-refractivity contribution in [1.82, 2.24) is 9.88 Å². The van der Waals surface area contributed by atoms with Crippen molar-refractivity contribution >= 4 is 32.4 Å². The van der Waals surface area contributed by atoms with E-state index in [0.717, 1.165) is 52.7 Å². The zero-order chi connectivity index (χ0) is 25.6. The van der Waals surface area contributed by atoms with Gasteiger partial charge in [-0.05, 0) is 77.7 Å². The van der Waals surface area contributed by atoms with E-state index in [-0.39, 0.29) is 6.10 Å². The van der Waals surface area contributed by atoms with Crippen molar-refractivity contribution in [3.05, 3.63) is 90.6 Å². The van der Waals surface area contributed by atoms with E-state index in [9.17, 15) is 0 Å². The maximum absolute atomic E-state index is 7.25. The summed E-state index contributed by atoms with van der Waals surface area (Å²) in [6, 6.07) is 28.2. The number of methoxy groups -OCH3 is 1. The zero-order valence-corrected chi connectivity index (χ0v) is 22.1. The molecule has 5 atom stereocenters. The third kappa shape index (κ3) is 3.90. The average Bonchev–Trinajstić information content (AvgIpc) is 2.99. The van der Waals surface area contributed by atoms with Gasteiger partial charge >= 0.3 is 0 Å². The highest BCUT2D eigenvalue weighted by Crippen LogP contribution is 2.45. The van der Waals surface area contributed by atoms with Gasteiger partial charge in [-0.1, -0.05) is 61.9 Å². The van der Waals surface area contributed by atoms with Crippen LogP contribution in [0.1, 0.15) is 37.9 Å². The van der Waals surface area contributed by atoms with Gasteiger partial charge in [0.05, 0.1) is 18.7 Å².